The molecule has 0 unspecified atom stereocenters. The molecular formula is C10H9BrFN3. The van der Waals surface area contributed by atoms with Gasteiger partial charge < -0.3 is 5.73 Å². The van der Waals surface area contributed by atoms with E-state index in [0.717, 1.165) is 16.1 Å². The minimum Gasteiger partial charge on any atom is -0.324 e. The standard InChI is InChI=1S/C10H9BrFN3/c11-9-6-14-10(5-13)15(9)8-3-1-7(12)2-4-8/h1-4,6H,5,13H2. The Balaban J connectivity index is 2.52. The quantitative estimate of drug-likeness (QED) is 0.909. The van der Waals surface area contributed by atoms with Crippen LogP contribution in [0.1, 0.15) is 5.82 Å². The molecule has 0 radical (unpaired) electrons. The van der Waals surface area contributed by atoms with E-state index in [2.05, 4.69) is 20.9 Å². The van der Waals surface area contributed by atoms with Gasteiger partial charge in [-0.25, -0.2) is 9.37 Å². The van der Waals surface area contributed by atoms with Crippen molar-refractivity contribution >= 4 is 15.9 Å². The fourth-order valence-electron chi connectivity index (χ4n) is 1.37. The van der Waals surface area contributed by atoms with Crippen molar-refractivity contribution in [3.05, 3.63) is 46.7 Å². The van der Waals surface area contributed by atoms with Crippen LogP contribution >= 0.6 is 15.9 Å². The first kappa shape index (κ1) is 10.3. The molecule has 2 N–H and O–H groups in total. The number of hydrogen-bond donors (Lipinski definition) is 1. The molecule has 0 aliphatic carbocycles. The largest absolute Gasteiger partial charge is 0.324 e. The van der Waals surface area contributed by atoms with Gasteiger partial charge in [0, 0.05) is 5.69 Å². The SMILES string of the molecule is NCc1ncc(Br)n1-c1ccc(F)cc1. The van der Waals surface area contributed by atoms with Crippen molar-refractivity contribution in [2.24, 2.45) is 5.73 Å². The van der Waals surface area contributed by atoms with E-state index in [-0.39, 0.29) is 5.82 Å². The van der Waals surface area contributed by atoms with Crippen LogP contribution in [0.3, 0.4) is 0 Å². The molecule has 0 aliphatic rings. The highest BCUT2D eigenvalue weighted by Gasteiger charge is 2.08. The Kier molecular flexibility index (Phi) is 2.83. The molecule has 0 atom stereocenters. The van der Waals surface area contributed by atoms with Crippen LogP contribution in [-0.2, 0) is 6.54 Å². The van der Waals surface area contributed by atoms with Crippen molar-refractivity contribution < 1.29 is 4.39 Å². The molecule has 0 bridgehead atoms. The second-order valence-corrected chi connectivity index (χ2v) is 3.83. The van der Waals surface area contributed by atoms with E-state index in [9.17, 15) is 4.39 Å². The monoisotopic (exact) mass is 269 g/mol. The number of nitrogens with two attached hydrogens (primary N) is 1. The second-order valence-electron chi connectivity index (χ2n) is 3.01. The van der Waals surface area contributed by atoms with E-state index in [1.165, 1.54) is 12.1 Å². The summed E-state index contributed by atoms with van der Waals surface area (Å²) in [6.07, 6.45) is 1.67. The van der Waals surface area contributed by atoms with Crippen molar-refractivity contribution in [3.63, 3.8) is 0 Å². The first-order valence-electron chi connectivity index (χ1n) is 4.40. The number of benzene rings is 1. The summed E-state index contributed by atoms with van der Waals surface area (Å²) in [4.78, 5) is 4.13. The van der Waals surface area contributed by atoms with Gasteiger partial charge in [-0.2, -0.15) is 0 Å². The smallest absolute Gasteiger partial charge is 0.127 e. The van der Waals surface area contributed by atoms with Crippen LogP contribution in [0.15, 0.2) is 35.1 Å². The minimum absolute atomic E-state index is 0.260. The fourth-order valence-corrected chi connectivity index (χ4v) is 1.88. The van der Waals surface area contributed by atoms with Crippen LogP contribution in [0.25, 0.3) is 5.69 Å². The molecule has 0 amide bonds. The summed E-state index contributed by atoms with van der Waals surface area (Å²) in [7, 11) is 0. The third kappa shape index (κ3) is 1.93. The molecule has 1 aromatic heterocycles. The Hall–Kier alpha value is -1.20. The van der Waals surface area contributed by atoms with Gasteiger partial charge in [-0.3, -0.25) is 4.57 Å². The summed E-state index contributed by atoms with van der Waals surface area (Å²) in [5.41, 5.74) is 6.39. The first-order valence-corrected chi connectivity index (χ1v) is 5.20. The maximum Gasteiger partial charge on any atom is 0.127 e. The van der Waals surface area contributed by atoms with E-state index in [1.54, 1.807) is 18.3 Å². The van der Waals surface area contributed by atoms with E-state index in [1.807, 2.05) is 4.57 Å². The van der Waals surface area contributed by atoms with Gasteiger partial charge in [0.2, 0.25) is 0 Å². The summed E-state index contributed by atoms with van der Waals surface area (Å²) < 4.78 is 15.4. The number of aromatic nitrogens is 2. The Morgan fingerprint density at radius 1 is 1.33 bits per heavy atom. The number of halogens is 2. The van der Waals surface area contributed by atoms with E-state index >= 15 is 0 Å². The molecule has 0 saturated heterocycles. The molecule has 0 fully saturated rings. The van der Waals surface area contributed by atoms with Crippen molar-refractivity contribution in [1.29, 1.82) is 0 Å². The van der Waals surface area contributed by atoms with Gasteiger partial charge in [-0.1, -0.05) is 0 Å². The number of imidazole rings is 1. The van der Waals surface area contributed by atoms with Crippen molar-refractivity contribution in [1.82, 2.24) is 9.55 Å². The topological polar surface area (TPSA) is 43.8 Å². The lowest BCUT2D eigenvalue weighted by molar-refractivity contribution is 0.627. The van der Waals surface area contributed by atoms with Crippen LogP contribution in [-0.4, -0.2) is 9.55 Å². The lowest BCUT2D eigenvalue weighted by atomic mass is 10.3. The van der Waals surface area contributed by atoms with E-state index in [0.29, 0.717) is 6.54 Å². The summed E-state index contributed by atoms with van der Waals surface area (Å²) >= 11 is 3.36. The van der Waals surface area contributed by atoms with Crippen molar-refractivity contribution in [2.45, 2.75) is 6.54 Å². The van der Waals surface area contributed by atoms with E-state index < -0.39 is 0 Å². The molecule has 5 heteroatoms. The summed E-state index contributed by atoms with van der Waals surface area (Å²) in [5, 5.41) is 0. The molecule has 1 aromatic carbocycles. The average molecular weight is 270 g/mol. The van der Waals surface area contributed by atoms with Crippen LogP contribution < -0.4 is 5.73 Å². The molecule has 1 heterocycles. The van der Waals surface area contributed by atoms with Crippen LogP contribution in [0, 0.1) is 5.82 Å². The normalized spacial score (nSPS) is 10.6. The molecule has 0 saturated carbocycles. The molecule has 15 heavy (non-hydrogen) atoms. The Labute approximate surface area is 94.9 Å². The summed E-state index contributed by atoms with van der Waals surface area (Å²) in [6, 6.07) is 6.17. The van der Waals surface area contributed by atoms with Gasteiger partial charge in [0.1, 0.15) is 16.2 Å². The maximum absolute atomic E-state index is 12.8. The predicted octanol–water partition coefficient (Wildman–Crippen LogP) is 2.23. The predicted molar refractivity (Wildman–Crippen MR) is 59.1 cm³/mol. The highest BCUT2D eigenvalue weighted by Crippen LogP contribution is 2.19. The average Bonchev–Trinajstić information content (AvgIpc) is 2.61. The molecule has 0 spiro atoms. The molecule has 3 nitrogen and oxygen atoms in total. The van der Waals surface area contributed by atoms with E-state index in [4.69, 9.17) is 5.73 Å². The van der Waals surface area contributed by atoms with Gasteiger partial charge in [0.25, 0.3) is 0 Å². The van der Waals surface area contributed by atoms with Gasteiger partial charge in [-0.15, -0.1) is 0 Å². The maximum atomic E-state index is 12.8. The summed E-state index contributed by atoms with van der Waals surface area (Å²) in [5.74, 6) is 0.470. The molecule has 2 aromatic rings. The Bertz CT molecular complexity index is 464. The third-order valence-electron chi connectivity index (χ3n) is 2.06. The number of hydrogen-bond acceptors (Lipinski definition) is 2. The van der Waals surface area contributed by atoms with Gasteiger partial charge in [0.05, 0.1) is 12.7 Å². The lowest BCUT2D eigenvalue weighted by Crippen LogP contribution is -2.07. The Morgan fingerprint density at radius 2 is 2.00 bits per heavy atom. The highest BCUT2D eigenvalue weighted by molar-refractivity contribution is 9.10. The second kappa shape index (κ2) is 4.12. The number of nitrogens with zero attached hydrogens (tertiary/aromatic N) is 2. The van der Waals surface area contributed by atoms with Crippen molar-refractivity contribution in [2.75, 3.05) is 0 Å². The van der Waals surface area contributed by atoms with Crippen LogP contribution in [0.2, 0.25) is 0 Å². The lowest BCUT2D eigenvalue weighted by Gasteiger charge is -2.07. The first-order chi connectivity index (χ1) is 7.22. The van der Waals surface area contributed by atoms with Gasteiger partial charge in [-0.05, 0) is 40.2 Å². The molecule has 2 rings (SSSR count). The summed E-state index contributed by atoms with van der Waals surface area (Å²) in [6.45, 7) is 0.336. The number of rotatable bonds is 2. The van der Waals surface area contributed by atoms with Crippen LogP contribution in [0.5, 0.6) is 0 Å². The third-order valence-corrected chi connectivity index (χ3v) is 2.62. The molecular weight excluding hydrogens is 261 g/mol. The zero-order valence-electron chi connectivity index (χ0n) is 7.82. The van der Waals surface area contributed by atoms with Gasteiger partial charge in [0.15, 0.2) is 0 Å². The Morgan fingerprint density at radius 3 is 2.60 bits per heavy atom. The minimum atomic E-state index is -0.260. The zero-order chi connectivity index (χ0) is 10.8. The zero-order valence-corrected chi connectivity index (χ0v) is 9.41. The fraction of sp³-hybridized carbons (Fsp3) is 0.100. The molecule has 78 valence electrons. The van der Waals surface area contributed by atoms with Crippen LogP contribution in [0.4, 0.5) is 4.39 Å². The van der Waals surface area contributed by atoms with Gasteiger partial charge >= 0.3 is 0 Å². The highest BCUT2D eigenvalue weighted by atomic mass is 79.9. The molecule has 0 aliphatic heterocycles. The van der Waals surface area contributed by atoms with Crippen molar-refractivity contribution in [3.8, 4) is 5.69 Å².